The molecule has 1 aliphatic rings. The number of hydrogen-bond donors (Lipinski definition) is 1. The zero-order valence-corrected chi connectivity index (χ0v) is 10.5. The van der Waals surface area contributed by atoms with Crippen LogP contribution in [0.2, 0.25) is 0 Å². The van der Waals surface area contributed by atoms with Gasteiger partial charge in [0, 0.05) is 6.04 Å². The van der Waals surface area contributed by atoms with Crippen LogP contribution in [0, 0.1) is 5.92 Å². The highest BCUT2D eigenvalue weighted by Crippen LogP contribution is 2.34. The van der Waals surface area contributed by atoms with Crippen molar-refractivity contribution in [2.24, 2.45) is 5.92 Å². The van der Waals surface area contributed by atoms with Gasteiger partial charge < -0.3 is 5.32 Å². The SMILES string of the molecule is C=C(CC)C1CC(N/C=C(/C)CCC)C1. The van der Waals surface area contributed by atoms with Crippen LogP contribution in [0.5, 0.6) is 0 Å². The molecular formula is C14H25N. The second-order valence-electron chi connectivity index (χ2n) is 4.78. The minimum absolute atomic E-state index is 0.699. The van der Waals surface area contributed by atoms with E-state index in [1.54, 1.807) is 0 Å². The zero-order chi connectivity index (χ0) is 11.3. The van der Waals surface area contributed by atoms with Crippen molar-refractivity contribution < 1.29 is 0 Å². The van der Waals surface area contributed by atoms with Gasteiger partial charge in [0.1, 0.15) is 0 Å². The van der Waals surface area contributed by atoms with E-state index in [4.69, 9.17) is 0 Å². The van der Waals surface area contributed by atoms with Gasteiger partial charge >= 0.3 is 0 Å². The van der Waals surface area contributed by atoms with Gasteiger partial charge in [0.05, 0.1) is 0 Å². The van der Waals surface area contributed by atoms with Gasteiger partial charge in [0.25, 0.3) is 0 Å². The number of rotatable bonds is 6. The first kappa shape index (κ1) is 12.4. The first-order chi connectivity index (χ1) is 7.17. The van der Waals surface area contributed by atoms with Crippen LogP contribution in [0.25, 0.3) is 0 Å². The lowest BCUT2D eigenvalue weighted by molar-refractivity contribution is 0.273. The highest BCUT2D eigenvalue weighted by Gasteiger charge is 2.29. The van der Waals surface area contributed by atoms with E-state index in [0.717, 1.165) is 12.3 Å². The summed E-state index contributed by atoms with van der Waals surface area (Å²) in [5, 5.41) is 3.51. The first-order valence-corrected chi connectivity index (χ1v) is 6.26. The van der Waals surface area contributed by atoms with Gasteiger partial charge in [-0.25, -0.2) is 0 Å². The summed E-state index contributed by atoms with van der Waals surface area (Å²) in [6, 6.07) is 0.699. The first-order valence-electron chi connectivity index (χ1n) is 6.26. The summed E-state index contributed by atoms with van der Waals surface area (Å²) in [5.41, 5.74) is 2.90. The lowest BCUT2D eigenvalue weighted by atomic mass is 9.75. The van der Waals surface area contributed by atoms with Gasteiger partial charge in [-0.2, -0.15) is 0 Å². The Kier molecular flexibility index (Phi) is 4.93. The Labute approximate surface area is 94.6 Å². The van der Waals surface area contributed by atoms with Crippen LogP contribution in [0.3, 0.4) is 0 Å². The second-order valence-corrected chi connectivity index (χ2v) is 4.78. The molecule has 1 aliphatic carbocycles. The maximum absolute atomic E-state index is 4.11. The van der Waals surface area contributed by atoms with Gasteiger partial charge in [-0.3, -0.25) is 0 Å². The van der Waals surface area contributed by atoms with E-state index < -0.39 is 0 Å². The molecule has 0 atom stereocenters. The van der Waals surface area contributed by atoms with E-state index in [9.17, 15) is 0 Å². The molecule has 0 aliphatic heterocycles. The smallest absolute Gasteiger partial charge is 0.0267 e. The fourth-order valence-corrected chi connectivity index (χ4v) is 2.10. The molecule has 86 valence electrons. The molecule has 1 N–H and O–H groups in total. The van der Waals surface area contributed by atoms with Crippen LogP contribution >= 0.6 is 0 Å². The Hall–Kier alpha value is -0.720. The third kappa shape index (κ3) is 3.73. The highest BCUT2D eigenvalue weighted by molar-refractivity contribution is 5.09. The van der Waals surface area contributed by atoms with Crippen molar-refractivity contribution in [3.05, 3.63) is 23.9 Å². The van der Waals surface area contributed by atoms with E-state index in [-0.39, 0.29) is 0 Å². The van der Waals surface area contributed by atoms with Gasteiger partial charge in [0.2, 0.25) is 0 Å². The summed E-state index contributed by atoms with van der Waals surface area (Å²) in [6.45, 7) is 10.7. The predicted octanol–water partition coefficient (Wildman–Crippen LogP) is 4.02. The van der Waals surface area contributed by atoms with E-state index in [2.05, 4.69) is 38.9 Å². The lowest BCUT2D eigenvalue weighted by Crippen LogP contribution is -2.39. The normalized spacial score (nSPS) is 25.9. The maximum atomic E-state index is 4.11. The molecule has 0 aromatic carbocycles. The summed E-state index contributed by atoms with van der Waals surface area (Å²) in [4.78, 5) is 0. The summed E-state index contributed by atoms with van der Waals surface area (Å²) >= 11 is 0. The fourth-order valence-electron chi connectivity index (χ4n) is 2.10. The van der Waals surface area contributed by atoms with Crippen LogP contribution in [-0.4, -0.2) is 6.04 Å². The van der Waals surface area contributed by atoms with Crippen molar-refractivity contribution in [1.82, 2.24) is 5.32 Å². The molecule has 1 heteroatoms. The molecule has 0 spiro atoms. The quantitative estimate of drug-likeness (QED) is 0.649. The van der Waals surface area contributed by atoms with Gasteiger partial charge in [-0.1, -0.05) is 38.0 Å². The molecule has 0 saturated heterocycles. The third-order valence-electron chi connectivity index (χ3n) is 3.38. The minimum atomic E-state index is 0.699. The standard InChI is InChI=1S/C14H25N/c1-5-7-11(3)10-15-14-8-13(9-14)12(4)6-2/h10,13-15H,4-9H2,1-3H3/b11-10-. The highest BCUT2D eigenvalue weighted by atomic mass is 14.9. The van der Waals surface area contributed by atoms with Crippen LogP contribution in [0.4, 0.5) is 0 Å². The van der Waals surface area contributed by atoms with Gasteiger partial charge in [-0.15, -0.1) is 0 Å². The Morgan fingerprint density at radius 1 is 1.40 bits per heavy atom. The van der Waals surface area contributed by atoms with E-state index in [1.165, 1.54) is 36.8 Å². The second kappa shape index (κ2) is 5.99. The number of hydrogen-bond acceptors (Lipinski definition) is 1. The molecule has 1 nitrogen and oxygen atoms in total. The van der Waals surface area contributed by atoms with Gasteiger partial charge in [-0.05, 0) is 44.7 Å². The molecule has 1 rings (SSSR count). The summed E-state index contributed by atoms with van der Waals surface area (Å²) in [6.07, 6.45) is 8.36. The van der Waals surface area contributed by atoms with Crippen LogP contribution < -0.4 is 5.32 Å². The average Bonchev–Trinajstić information content (AvgIpc) is 2.15. The number of allylic oxidation sites excluding steroid dienone is 2. The van der Waals surface area contributed by atoms with Crippen LogP contribution in [-0.2, 0) is 0 Å². The van der Waals surface area contributed by atoms with E-state index >= 15 is 0 Å². The molecule has 0 heterocycles. The van der Waals surface area contributed by atoms with Crippen LogP contribution in [0.15, 0.2) is 23.9 Å². The maximum Gasteiger partial charge on any atom is 0.0267 e. The van der Waals surface area contributed by atoms with E-state index in [1.807, 2.05) is 0 Å². The van der Waals surface area contributed by atoms with Crippen LogP contribution in [0.1, 0.15) is 52.9 Å². The molecule has 0 radical (unpaired) electrons. The molecule has 0 aromatic rings. The Morgan fingerprint density at radius 3 is 2.60 bits per heavy atom. The topological polar surface area (TPSA) is 12.0 Å². The predicted molar refractivity (Wildman–Crippen MR) is 67.7 cm³/mol. The number of nitrogens with one attached hydrogen (secondary N) is 1. The third-order valence-corrected chi connectivity index (χ3v) is 3.38. The van der Waals surface area contributed by atoms with E-state index in [0.29, 0.717) is 6.04 Å². The van der Waals surface area contributed by atoms with Crippen molar-refractivity contribution in [3.8, 4) is 0 Å². The lowest BCUT2D eigenvalue weighted by Gasteiger charge is -2.37. The van der Waals surface area contributed by atoms with Crippen molar-refractivity contribution in [2.45, 2.75) is 58.9 Å². The summed E-state index contributed by atoms with van der Waals surface area (Å²) in [5.74, 6) is 0.785. The average molecular weight is 207 g/mol. The summed E-state index contributed by atoms with van der Waals surface area (Å²) in [7, 11) is 0. The monoisotopic (exact) mass is 207 g/mol. The van der Waals surface area contributed by atoms with Crippen molar-refractivity contribution in [3.63, 3.8) is 0 Å². The largest absolute Gasteiger partial charge is 0.388 e. The minimum Gasteiger partial charge on any atom is -0.388 e. The van der Waals surface area contributed by atoms with Crippen molar-refractivity contribution >= 4 is 0 Å². The van der Waals surface area contributed by atoms with Gasteiger partial charge in [0.15, 0.2) is 0 Å². The Balaban J connectivity index is 2.17. The molecule has 0 aromatic heterocycles. The molecule has 0 unspecified atom stereocenters. The fraction of sp³-hybridized carbons (Fsp3) is 0.714. The molecular weight excluding hydrogens is 182 g/mol. The summed E-state index contributed by atoms with van der Waals surface area (Å²) < 4.78 is 0. The molecule has 15 heavy (non-hydrogen) atoms. The molecule has 0 bridgehead atoms. The Morgan fingerprint density at radius 2 is 2.07 bits per heavy atom. The van der Waals surface area contributed by atoms with Crippen molar-refractivity contribution in [2.75, 3.05) is 0 Å². The van der Waals surface area contributed by atoms with Crippen molar-refractivity contribution in [1.29, 1.82) is 0 Å². The molecule has 1 saturated carbocycles. The zero-order valence-electron chi connectivity index (χ0n) is 10.5. The Bertz CT molecular complexity index is 234. The molecule has 1 fully saturated rings. The molecule has 0 amide bonds.